The van der Waals surface area contributed by atoms with Crippen LogP contribution in [0.3, 0.4) is 0 Å². The van der Waals surface area contributed by atoms with E-state index in [9.17, 15) is 9.59 Å². The second kappa shape index (κ2) is 8.14. The van der Waals surface area contributed by atoms with E-state index in [1.165, 1.54) is 0 Å². The Kier molecular flexibility index (Phi) is 5.37. The van der Waals surface area contributed by atoms with Crippen molar-refractivity contribution < 1.29 is 19.1 Å². The summed E-state index contributed by atoms with van der Waals surface area (Å²) in [4.78, 5) is 26.0. The van der Waals surface area contributed by atoms with E-state index in [0.29, 0.717) is 22.9 Å². The number of hydrogen-bond acceptors (Lipinski definition) is 5. The fraction of sp³-hybridized carbons (Fsp3) is 0.261. The monoisotopic (exact) mass is 420 g/mol. The number of anilines is 1. The number of benzene rings is 2. The molecule has 1 aliphatic rings. The number of nitrogens with one attached hydrogen (secondary N) is 2. The molecule has 0 fully saturated rings. The molecule has 4 rings (SSSR count). The second-order valence-electron chi connectivity index (χ2n) is 7.37. The van der Waals surface area contributed by atoms with Crippen molar-refractivity contribution in [3.63, 3.8) is 0 Å². The highest BCUT2D eigenvalue weighted by atomic mass is 16.5. The summed E-state index contributed by atoms with van der Waals surface area (Å²) in [6.07, 6.45) is 0. The van der Waals surface area contributed by atoms with Crippen molar-refractivity contribution in [3.8, 4) is 11.5 Å². The number of aromatic nitrogens is 2. The predicted molar refractivity (Wildman–Crippen MR) is 116 cm³/mol. The summed E-state index contributed by atoms with van der Waals surface area (Å²) in [7, 11) is 4.91. The third-order valence-electron chi connectivity index (χ3n) is 5.53. The van der Waals surface area contributed by atoms with Crippen LogP contribution in [0.1, 0.15) is 33.1 Å². The molecule has 0 unspecified atom stereocenters. The average Bonchev–Trinajstić information content (AvgIpc) is 3.07. The van der Waals surface area contributed by atoms with Crippen molar-refractivity contribution >= 4 is 17.6 Å². The summed E-state index contributed by atoms with van der Waals surface area (Å²) in [6, 6.07) is 13.5. The highest BCUT2D eigenvalue weighted by Gasteiger charge is 2.41. The first kappa shape index (κ1) is 20.5. The van der Waals surface area contributed by atoms with Gasteiger partial charge in [0, 0.05) is 24.1 Å². The lowest BCUT2D eigenvalue weighted by molar-refractivity contribution is -0.118. The van der Waals surface area contributed by atoms with Gasteiger partial charge in [0.15, 0.2) is 11.5 Å². The summed E-state index contributed by atoms with van der Waals surface area (Å²) >= 11 is 0. The van der Waals surface area contributed by atoms with Gasteiger partial charge in [0.25, 0.3) is 5.91 Å². The van der Waals surface area contributed by atoms with Crippen molar-refractivity contribution in [2.24, 2.45) is 7.05 Å². The maximum atomic E-state index is 13.1. The molecule has 0 saturated carbocycles. The van der Waals surface area contributed by atoms with E-state index in [0.717, 1.165) is 16.8 Å². The standard InChI is InChI=1S/C23H24N4O4/c1-13-18-19(15-10-11-16(30-3)17(12-15)31-4)20(23(29)25-21(18)27(2)26-13)24-22(28)14-8-6-5-7-9-14/h5-12,19-20H,1-4H3,(H,24,28)(H,25,29)/t19-,20+/m0/s1. The van der Waals surface area contributed by atoms with Crippen LogP contribution in [0, 0.1) is 6.92 Å². The normalized spacial score (nSPS) is 17.5. The van der Waals surface area contributed by atoms with Gasteiger partial charge in [-0.1, -0.05) is 24.3 Å². The molecule has 0 saturated heterocycles. The van der Waals surface area contributed by atoms with Gasteiger partial charge in [-0.15, -0.1) is 0 Å². The highest BCUT2D eigenvalue weighted by molar-refractivity contribution is 6.03. The van der Waals surface area contributed by atoms with Crippen molar-refractivity contribution in [1.82, 2.24) is 15.1 Å². The summed E-state index contributed by atoms with van der Waals surface area (Å²) in [6.45, 7) is 1.89. The van der Waals surface area contributed by atoms with Gasteiger partial charge in [-0.25, -0.2) is 0 Å². The Morgan fingerprint density at radius 1 is 1.10 bits per heavy atom. The van der Waals surface area contributed by atoms with E-state index in [1.807, 2.05) is 25.1 Å². The fourth-order valence-corrected chi connectivity index (χ4v) is 4.08. The first-order valence-corrected chi connectivity index (χ1v) is 9.86. The molecule has 8 nitrogen and oxygen atoms in total. The molecule has 0 aliphatic carbocycles. The van der Waals surface area contributed by atoms with Gasteiger partial charge < -0.3 is 20.1 Å². The zero-order chi connectivity index (χ0) is 22.1. The number of carbonyl (C=O) groups excluding carboxylic acids is 2. The van der Waals surface area contributed by atoms with E-state index in [1.54, 1.807) is 56.3 Å². The third-order valence-corrected chi connectivity index (χ3v) is 5.53. The Morgan fingerprint density at radius 3 is 2.48 bits per heavy atom. The van der Waals surface area contributed by atoms with Gasteiger partial charge in [0.1, 0.15) is 11.9 Å². The number of carbonyl (C=O) groups is 2. The molecule has 0 spiro atoms. The summed E-state index contributed by atoms with van der Waals surface area (Å²) in [5.41, 5.74) is 2.92. The zero-order valence-corrected chi connectivity index (χ0v) is 17.8. The minimum absolute atomic E-state index is 0.306. The SMILES string of the molecule is COc1ccc([C@H]2c3c(C)nn(C)c3NC(=O)[C@@H]2NC(=O)c2ccccc2)cc1OC. The van der Waals surface area contributed by atoms with Crippen molar-refractivity contribution in [1.29, 1.82) is 0 Å². The van der Waals surface area contributed by atoms with Gasteiger partial charge >= 0.3 is 0 Å². The van der Waals surface area contributed by atoms with E-state index < -0.39 is 12.0 Å². The van der Waals surface area contributed by atoms with Crippen LogP contribution in [0.4, 0.5) is 5.82 Å². The van der Waals surface area contributed by atoms with Gasteiger partial charge in [-0.2, -0.15) is 5.10 Å². The largest absolute Gasteiger partial charge is 0.493 e. The lowest BCUT2D eigenvalue weighted by Gasteiger charge is -2.33. The lowest BCUT2D eigenvalue weighted by atomic mass is 9.81. The Labute approximate surface area is 180 Å². The zero-order valence-electron chi connectivity index (χ0n) is 17.8. The third kappa shape index (κ3) is 3.61. The number of ether oxygens (including phenoxy) is 2. The van der Waals surface area contributed by atoms with Crippen LogP contribution in [0.2, 0.25) is 0 Å². The van der Waals surface area contributed by atoms with Gasteiger partial charge in [0.2, 0.25) is 5.91 Å². The topological polar surface area (TPSA) is 94.5 Å². The molecule has 0 radical (unpaired) electrons. The minimum atomic E-state index is -0.832. The first-order chi connectivity index (χ1) is 14.9. The van der Waals surface area contributed by atoms with Crippen molar-refractivity contribution in [2.75, 3.05) is 19.5 Å². The van der Waals surface area contributed by atoms with Crippen LogP contribution < -0.4 is 20.1 Å². The number of rotatable bonds is 5. The number of amides is 2. The summed E-state index contributed by atoms with van der Waals surface area (Å²) < 4.78 is 12.5. The maximum absolute atomic E-state index is 13.1. The molecule has 2 atom stereocenters. The molecule has 2 N–H and O–H groups in total. The molecule has 2 amide bonds. The van der Waals surface area contributed by atoms with Crippen molar-refractivity contribution in [2.45, 2.75) is 18.9 Å². The Balaban J connectivity index is 1.82. The van der Waals surface area contributed by atoms with E-state index in [2.05, 4.69) is 15.7 Å². The van der Waals surface area contributed by atoms with Crippen LogP contribution in [0.5, 0.6) is 11.5 Å². The van der Waals surface area contributed by atoms with Crippen LogP contribution in [-0.2, 0) is 11.8 Å². The Morgan fingerprint density at radius 2 is 1.81 bits per heavy atom. The van der Waals surface area contributed by atoms with Crippen LogP contribution in [-0.4, -0.2) is 41.9 Å². The van der Waals surface area contributed by atoms with Gasteiger partial charge in [-0.3, -0.25) is 14.3 Å². The average molecular weight is 420 g/mol. The predicted octanol–water partition coefficient (Wildman–Crippen LogP) is 2.63. The molecular weight excluding hydrogens is 396 g/mol. The number of methoxy groups -OCH3 is 2. The van der Waals surface area contributed by atoms with Crippen LogP contribution in [0.25, 0.3) is 0 Å². The molecule has 2 aromatic carbocycles. The molecule has 0 bridgehead atoms. The van der Waals surface area contributed by atoms with Crippen LogP contribution in [0.15, 0.2) is 48.5 Å². The lowest BCUT2D eigenvalue weighted by Crippen LogP contribution is -2.50. The minimum Gasteiger partial charge on any atom is -0.493 e. The number of hydrogen-bond donors (Lipinski definition) is 2. The Hall–Kier alpha value is -3.81. The van der Waals surface area contributed by atoms with Gasteiger partial charge in [-0.05, 0) is 36.8 Å². The second-order valence-corrected chi connectivity index (χ2v) is 7.37. The number of aryl methyl sites for hydroxylation is 2. The smallest absolute Gasteiger partial charge is 0.251 e. The summed E-state index contributed by atoms with van der Waals surface area (Å²) in [5, 5.41) is 10.3. The molecule has 8 heteroatoms. The fourth-order valence-electron chi connectivity index (χ4n) is 4.08. The molecule has 31 heavy (non-hydrogen) atoms. The molecule has 1 aliphatic heterocycles. The van der Waals surface area contributed by atoms with Crippen LogP contribution >= 0.6 is 0 Å². The number of nitrogens with zero attached hydrogens (tertiary/aromatic N) is 2. The summed E-state index contributed by atoms with van der Waals surface area (Å²) in [5.74, 6) is 0.662. The molecular formula is C23H24N4O4. The number of fused-ring (bicyclic) bond motifs is 1. The van der Waals surface area contributed by atoms with Gasteiger partial charge in [0.05, 0.1) is 19.9 Å². The van der Waals surface area contributed by atoms with E-state index in [4.69, 9.17) is 9.47 Å². The Bertz CT molecular complexity index is 1140. The van der Waals surface area contributed by atoms with E-state index >= 15 is 0 Å². The molecule has 2 heterocycles. The quantitative estimate of drug-likeness (QED) is 0.662. The van der Waals surface area contributed by atoms with Crippen molar-refractivity contribution in [3.05, 3.63) is 70.9 Å². The molecule has 160 valence electrons. The van der Waals surface area contributed by atoms with E-state index in [-0.39, 0.29) is 11.8 Å². The maximum Gasteiger partial charge on any atom is 0.251 e. The first-order valence-electron chi connectivity index (χ1n) is 9.86. The molecule has 3 aromatic rings. The highest BCUT2D eigenvalue weighted by Crippen LogP contribution is 2.41. The molecule has 1 aromatic heterocycles.